The molecular weight excluding hydrogens is 423 g/mol. The lowest BCUT2D eigenvalue weighted by molar-refractivity contribution is -0.141. The molecule has 3 aromatic rings. The number of nitrogens with one attached hydrogen (secondary N) is 1. The smallest absolute Gasteiger partial charge is 0.416 e. The normalized spacial score (nSPS) is 12.1. The van der Waals surface area contributed by atoms with Crippen LogP contribution in [0.15, 0.2) is 72.8 Å². The summed E-state index contributed by atoms with van der Waals surface area (Å²) in [6, 6.07) is 16.5. The first-order valence-corrected chi connectivity index (χ1v) is 9.61. The van der Waals surface area contributed by atoms with Crippen molar-refractivity contribution in [1.82, 2.24) is 5.32 Å². The third-order valence-corrected chi connectivity index (χ3v) is 4.89. The molecule has 1 atom stereocenters. The van der Waals surface area contributed by atoms with E-state index >= 15 is 0 Å². The Hall–Kier alpha value is -3.81. The number of aromatic hydroxyl groups is 1. The number of alkyl halides is 3. The summed E-state index contributed by atoms with van der Waals surface area (Å²) in [5.74, 6) is -0.900. The maximum Gasteiger partial charge on any atom is 0.416 e. The van der Waals surface area contributed by atoms with E-state index in [0.29, 0.717) is 22.3 Å². The number of hydrogen-bond donors (Lipinski definition) is 2. The fourth-order valence-corrected chi connectivity index (χ4v) is 3.12. The van der Waals surface area contributed by atoms with Crippen molar-refractivity contribution in [3.05, 3.63) is 89.5 Å². The molecular formula is C24H20F3NO4. The van der Waals surface area contributed by atoms with Gasteiger partial charge in [0.15, 0.2) is 0 Å². The molecule has 8 heteroatoms. The SMILES string of the molecule is COC(=O)CC(NC(=O)c1ccc(-c2ccc(C(F)(F)F)cc2)cc1)c1ccc(O)cc1. The van der Waals surface area contributed by atoms with E-state index in [2.05, 4.69) is 5.32 Å². The number of phenolic OH excluding ortho intramolecular Hbond substituents is 1. The molecule has 2 N–H and O–H groups in total. The van der Waals surface area contributed by atoms with Gasteiger partial charge >= 0.3 is 12.1 Å². The van der Waals surface area contributed by atoms with Crippen LogP contribution in [0.3, 0.4) is 0 Å². The zero-order valence-corrected chi connectivity index (χ0v) is 17.0. The zero-order valence-electron chi connectivity index (χ0n) is 17.0. The highest BCUT2D eigenvalue weighted by molar-refractivity contribution is 5.95. The molecule has 32 heavy (non-hydrogen) atoms. The second-order valence-electron chi connectivity index (χ2n) is 7.05. The summed E-state index contributed by atoms with van der Waals surface area (Å²) in [4.78, 5) is 24.5. The molecule has 0 saturated heterocycles. The van der Waals surface area contributed by atoms with Gasteiger partial charge in [-0.15, -0.1) is 0 Å². The van der Waals surface area contributed by atoms with Crippen LogP contribution in [0.2, 0.25) is 0 Å². The van der Waals surface area contributed by atoms with Gasteiger partial charge in [0.25, 0.3) is 5.91 Å². The maximum atomic E-state index is 12.7. The zero-order chi connectivity index (χ0) is 23.3. The third kappa shape index (κ3) is 5.66. The van der Waals surface area contributed by atoms with E-state index in [4.69, 9.17) is 4.74 Å². The quantitative estimate of drug-likeness (QED) is 0.519. The van der Waals surface area contributed by atoms with Gasteiger partial charge in [0.1, 0.15) is 5.75 Å². The largest absolute Gasteiger partial charge is 0.508 e. The maximum absolute atomic E-state index is 12.7. The molecule has 0 aromatic heterocycles. The van der Waals surface area contributed by atoms with Crippen LogP contribution in [0, 0.1) is 0 Å². The van der Waals surface area contributed by atoms with Crippen molar-refractivity contribution in [2.75, 3.05) is 7.11 Å². The van der Waals surface area contributed by atoms with Gasteiger partial charge in [0.05, 0.1) is 25.1 Å². The summed E-state index contributed by atoms with van der Waals surface area (Å²) in [6.07, 6.45) is -4.50. The number of methoxy groups -OCH3 is 1. The first-order chi connectivity index (χ1) is 15.2. The fourth-order valence-electron chi connectivity index (χ4n) is 3.12. The van der Waals surface area contributed by atoms with Crippen molar-refractivity contribution in [2.24, 2.45) is 0 Å². The minimum Gasteiger partial charge on any atom is -0.508 e. The van der Waals surface area contributed by atoms with Crippen LogP contribution in [0.5, 0.6) is 5.75 Å². The van der Waals surface area contributed by atoms with E-state index in [0.717, 1.165) is 12.1 Å². The van der Waals surface area contributed by atoms with E-state index in [9.17, 15) is 27.9 Å². The highest BCUT2D eigenvalue weighted by Gasteiger charge is 2.30. The number of phenols is 1. The predicted molar refractivity (Wildman–Crippen MR) is 112 cm³/mol. The van der Waals surface area contributed by atoms with Gasteiger partial charge < -0.3 is 15.2 Å². The van der Waals surface area contributed by atoms with E-state index < -0.39 is 29.7 Å². The molecule has 0 aliphatic carbocycles. The second kappa shape index (κ2) is 9.55. The molecule has 0 aliphatic heterocycles. The third-order valence-electron chi connectivity index (χ3n) is 4.89. The Bertz CT molecular complexity index is 1080. The van der Waals surface area contributed by atoms with Gasteiger partial charge in [-0.2, -0.15) is 13.2 Å². The van der Waals surface area contributed by atoms with Crippen molar-refractivity contribution in [2.45, 2.75) is 18.6 Å². The first-order valence-electron chi connectivity index (χ1n) is 9.61. The van der Waals surface area contributed by atoms with E-state index in [1.807, 2.05) is 0 Å². The van der Waals surface area contributed by atoms with Crippen LogP contribution >= 0.6 is 0 Å². The number of carbonyl (C=O) groups is 2. The van der Waals surface area contributed by atoms with Gasteiger partial charge in [-0.05, 0) is 53.1 Å². The lowest BCUT2D eigenvalue weighted by Gasteiger charge is -2.18. The Morgan fingerprint density at radius 3 is 1.94 bits per heavy atom. The lowest BCUT2D eigenvalue weighted by atomic mass is 10.0. The Kier molecular flexibility index (Phi) is 6.82. The summed E-state index contributed by atoms with van der Waals surface area (Å²) in [7, 11) is 1.25. The second-order valence-corrected chi connectivity index (χ2v) is 7.05. The van der Waals surface area contributed by atoms with Crippen LogP contribution < -0.4 is 5.32 Å². The molecule has 1 unspecified atom stereocenters. The molecule has 1 amide bonds. The number of esters is 1. The first kappa shape index (κ1) is 22.9. The Morgan fingerprint density at radius 1 is 0.906 bits per heavy atom. The minimum absolute atomic E-state index is 0.0516. The Morgan fingerprint density at radius 2 is 1.44 bits per heavy atom. The van der Waals surface area contributed by atoms with Crippen molar-refractivity contribution < 1.29 is 32.6 Å². The molecule has 0 heterocycles. The van der Waals surface area contributed by atoms with Gasteiger partial charge in [-0.3, -0.25) is 9.59 Å². The average Bonchev–Trinajstić information content (AvgIpc) is 2.78. The Balaban J connectivity index is 1.76. The highest BCUT2D eigenvalue weighted by Crippen LogP contribution is 2.31. The van der Waals surface area contributed by atoms with Crippen LogP contribution in [0.4, 0.5) is 13.2 Å². The number of halogens is 3. The molecule has 0 spiro atoms. The number of hydrogen-bond acceptors (Lipinski definition) is 4. The predicted octanol–water partition coefficient (Wildman–Crippen LogP) is 5.11. The van der Waals surface area contributed by atoms with Crippen LogP contribution in [-0.2, 0) is 15.7 Å². The molecule has 0 saturated carbocycles. The van der Waals surface area contributed by atoms with E-state index in [1.165, 1.54) is 31.4 Å². The summed E-state index contributed by atoms with van der Waals surface area (Å²) >= 11 is 0. The van der Waals surface area contributed by atoms with Crippen LogP contribution in [0.25, 0.3) is 11.1 Å². The summed E-state index contributed by atoms with van der Waals surface area (Å²) in [5.41, 5.74) is 1.43. The number of carbonyl (C=O) groups excluding carboxylic acids is 2. The fraction of sp³-hybridized carbons (Fsp3) is 0.167. The van der Waals surface area contributed by atoms with Gasteiger partial charge in [-0.1, -0.05) is 36.4 Å². The van der Waals surface area contributed by atoms with Crippen LogP contribution in [-0.4, -0.2) is 24.1 Å². The molecule has 0 aliphatic rings. The number of benzene rings is 3. The lowest BCUT2D eigenvalue weighted by Crippen LogP contribution is -2.30. The van der Waals surface area contributed by atoms with Gasteiger partial charge in [0.2, 0.25) is 0 Å². The topological polar surface area (TPSA) is 75.6 Å². The van der Waals surface area contributed by atoms with Crippen molar-refractivity contribution in [1.29, 1.82) is 0 Å². The molecule has 3 aromatic carbocycles. The van der Waals surface area contributed by atoms with E-state index in [-0.39, 0.29) is 12.2 Å². The highest BCUT2D eigenvalue weighted by atomic mass is 19.4. The van der Waals surface area contributed by atoms with Crippen LogP contribution in [0.1, 0.15) is 33.9 Å². The number of rotatable bonds is 6. The Labute approximate surface area is 182 Å². The standard InChI is InChI=1S/C24H20F3NO4/c1-32-22(30)14-21(17-8-12-20(29)13-9-17)28-23(31)18-4-2-15(3-5-18)16-6-10-19(11-7-16)24(25,26)27/h2-13,21,29H,14H2,1H3,(H,28,31). The van der Waals surface area contributed by atoms with Gasteiger partial charge in [0, 0.05) is 5.56 Å². The summed E-state index contributed by atoms with van der Waals surface area (Å²) < 4.78 is 42.9. The summed E-state index contributed by atoms with van der Waals surface area (Å²) in [6.45, 7) is 0. The van der Waals surface area contributed by atoms with Crippen molar-refractivity contribution in [3.8, 4) is 16.9 Å². The van der Waals surface area contributed by atoms with Crippen molar-refractivity contribution >= 4 is 11.9 Å². The number of ether oxygens (including phenoxy) is 1. The number of amides is 1. The minimum atomic E-state index is -4.40. The molecule has 3 rings (SSSR count). The van der Waals surface area contributed by atoms with E-state index in [1.54, 1.807) is 36.4 Å². The molecule has 0 radical (unpaired) electrons. The van der Waals surface area contributed by atoms with Crippen molar-refractivity contribution in [3.63, 3.8) is 0 Å². The van der Waals surface area contributed by atoms with Gasteiger partial charge in [-0.25, -0.2) is 0 Å². The summed E-state index contributed by atoms with van der Waals surface area (Å²) in [5, 5.41) is 12.2. The molecule has 166 valence electrons. The average molecular weight is 443 g/mol. The molecule has 0 fully saturated rings. The monoisotopic (exact) mass is 443 g/mol. The molecule has 0 bridgehead atoms. The molecule has 5 nitrogen and oxygen atoms in total.